The summed E-state index contributed by atoms with van der Waals surface area (Å²) < 4.78 is 11.7. The van der Waals surface area contributed by atoms with Crippen LogP contribution in [0.25, 0.3) is 11.0 Å². The number of furan rings is 1. The molecule has 1 atom stereocenters. The number of fused-ring (bicyclic) bond motifs is 1. The maximum atomic E-state index is 6.27. The van der Waals surface area contributed by atoms with Gasteiger partial charge >= 0.3 is 0 Å². The van der Waals surface area contributed by atoms with E-state index in [1.807, 2.05) is 49.5 Å². The van der Waals surface area contributed by atoms with Crippen molar-refractivity contribution in [2.24, 2.45) is 0 Å². The van der Waals surface area contributed by atoms with Gasteiger partial charge in [0.1, 0.15) is 17.4 Å². The van der Waals surface area contributed by atoms with Gasteiger partial charge in [-0.05, 0) is 37.4 Å². The largest absolute Gasteiger partial charge is 0.485 e. The maximum absolute atomic E-state index is 6.27. The summed E-state index contributed by atoms with van der Waals surface area (Å²) in [4.78, 5) is 0. The van der Waals surface area contributed by atoms with Gasteiger partial charge in [-0.1, -0.05) is 36.4 Å². The van der Waals surface area contributed by atoms with Crippen LogP contribution in [0.15, 0.2) is 65.3 Å². The van der Waals surface area contributed by atoms with Crippen molar-refractivity contribution in [3.05, 3.63) is 66.4 Å². The molecular weight excluding hydrogens is 298 g/mol. The van der Waals surface area contributed by atoms with Gasteiger partial charge in [0.25, 0.3) is 0 Å². The summed E-state index contributed by atoms with van der Waals surface area (Å²) in [6.45, 7) is 0.904. The summed E-state index contributed by atoms with van der Waals surface area (Å²) in [7, 11) is 1.96. The Hall–Kier alpha value is -1.97. The van der Waals surface area contributed by atoms with Crippen LogP contribution in [0.5, 0.6) is 5.75 Å². The van der Waals surface area contributed by atoms with Gasteiger partial charge in [0.05, 0.1) is 11.6 Å². The van der Waals surface area contributed by atoms with Crippen LogP contribution in [0.4, 0.5) is 0 Å². The Morgan fingerprint density at radius 3 is 2.64 bits per heavy atom. The van der Waals surface area contributed by atoms with Gasteiger partial charge in [0.15, 0.2) is 0 Å². The molecule has 0 aliphatic carbocycles. The minimum Gasteiger partial charge on any atom is -0.485 e. The Morgan fingerprint density at radius 2 is 1.86 bits per heavy atom. The van der Waals surface area contributed by atoms with E-state index in [9.17, 15) is 0 Å². The third-order valence-corrected chi connectivity index (χ3v) is 3.55. The summed E-state index contributed by atoms with van der Waals surface area (Å²) >= 11 is 0. The van der Waals surface area contributed by atoms with Crippen molar-refractivity contribution in [2.45, 2.75) is 12.5 Å². The Labute approximate surface area is 136 Å². The average molecular weight is 318 g/mol. The van der Waals surface area contributed by atoms with Crippen LogP contribution in [-0.2, 0) is 0 Å². The normalized spacial score (nSPS) is 11.9. The van der Waals surface area contributed by atoms with E-state index >= 15 is 0 Å². The molecule has 0 spiro atoms. The highest BCUT2D eigenvalue weighted by Crippen LogP contribution is 2.31. The Morgan fingerprint density at radius 1 is 1.05 bits per heavy atom. The molecule has 22 heavy (non-hydrogen) atoms. The van der Waals surface area contributed by atoms with Gasteiger partial charge in [0, 0.05) is 6.42 Å². The lowest BCUT2D eigenvalue weighted by Gasteiger charge is -2.20. The first-order valence-corrected chi connectivity index (χ1v) is 7.21. The number of benzene rings is 2. The summed E-state index contributed by atoms with van der Waals surface area (Å²) in [5.41, 5.74) is 2.04. The molecule has 1 N–H and O–H groups in total. The summed E-state index contributed by atoms with van der Waals surface area (Å²) in [6.07, 6.45) is 2.64. The van der Waals surface area contributed by atoms with E-state index in [1.54, 1.807) is 6.26 Å². The molecule has 3 aromatic rings. The zero-order valence-corrected chi connectivity index (χ0v) is 13.3. The van der Waals surface area contributed by atoms with E-state index in [4.69, 9.17) is 9.15 Å². The standard InChI is InChI=1S/C18H19NO2.ClH/c1-19-12-10-16(14-6-3-2-4-7-14)21-18-9-5-8-17-15(18)11-13-20-17;/h2-9,11,13,16,19H,10,12H2,1H3;1H/t16-;/m1./s1. The van der Waals surface area contributed by atoms with Crippen molar-refractivity contribution in [1.29, 1.82) is 0 Å². The van der Waals surface area contributed by atoms with Crippen molar-refractivity contribution in [2.75, 3.05) is 13.6 Å². The number of hydrogen-bond donors (Lipinski definition) is 1. The second-order valence-corrected chi connectivity index (χ2v) is 5.00. The maximum Gasteiger partial charge on any atom is 0.137 e. The molecule has 2 aromatic carbocycles. The van der Waals surface area contributed by atoms with Crippen molar-refractivity contribution in [3.8, 4) is 5.75 Å². The molecule has 116 valence electrons. The fraction of sp³-hybridized carbons (Fsp3) is 0.222. The highest BCUT2D eigenvalue weighted by Gasteiger charge is 2.14. The zero-order chi connectivity index (χ0) is 14.5. The van der Waals surface area contributed by atoms with Crippen molar-refractivity contribution in [1.82, 2.24) is 5.32 Å². The van der Waals surface area contributed by atoms with Crippen molar-refractivity contribution < 1.29 is 9.15 Å². The highest BCUT2D eigenvalue weighted by atomic mass is 35.5. The first-order chi connectivity index (χ1) is 10.4. The van der Waals surface area contributed by atoms with E-state index < -0.39 is 0 Å². The van der Waals surface area contributed by atoms with Crippen molar-refractivity contribution >= 4 is 23.4 Å². The third-order valence-electron chi connectivity index (χ3n) is 3.55. The van der Waals surface area contributed by atoms with Gasteiger partial charge in [-0.15, -0.1) is 12.4 Å². The molecule has 4 heteroatoms. The molecule has 0 unspecified atom stereocenters. The molecule has 0 amide bonds. The fourth-order valence-corrected chi connectivity index (χ4v) is 2.46. The second kappa shape index (κ2) is 7.87. The van der Waals surface area contributed by atoms with E-state index in [-0.39, 0.29) is 18.5 Å². The quantitative estimate of drug-likeness (QED) is 0.722. The molecule has 0 radical (unpaired) electrons. The smallest absolute Gasteiger partial charge is 0.137 e. The first kappa shape index (κ1) is 16.4. The fourth-order valence-electron chi connectivity index (χ4n) is 2.46. The molecule has 0 saturated heterocycles. The topological polar surface area (TPSA) is 34.4 Å². The average Bonchev–Trinajstić information content (AvgIpc) is 3.01. The van der Waals surface area contributed by atoms with Crippen LogP contribution in [-0.4, -0.2) is 13.6 Å². The monoisotopic (exact) mass is 317 g/mol. The SMILES string of the molecule is CNCC[C@@H](Oc1cccc2occc12)c1ccccc1.Cl. The number of rotatable bonds is 6. The predicted molar refractivity (Wildman–Crippen MR) is 91.8 cm³/mol. The molecule has 1 aromatic heterocycles. The van der Waals surface area contributed by atoms with Crippen LogP contribution < -0.4 is 10.1 Å². The van der Waals surface area contributed by atoms with Gasteiger partial charge in [-0.3, -0.25) is 0 Å². The molecule has 0 fully saturated rings. The third kappa shape index (κ3) is 3.62. The minimum atomic E-state index is 0. The Kier molecular flexibility index (Phi) is 5.87. The van der Waals surface area contributed by atoms with Crippen LogP contribution in [0, 0.1) is 0 Å². The lowest BCUT2D eigenvalue weighted by Crippen LogP contribution is -2.16. The van der Waals surface area contributed by atoms with Gasteiger partial charge in [-0.25, -0.2) is 0 Å². The minimum absolute atomic E-state index is 0. The highest BCUT2D eigenvalue weighted by molar-refractivity contribution is 5.85. The van der Waals surface area contributed by atoms with Crippen molar-refractivity contribution in [3.63, 3.8) is 0 Å². The van der Waals surface area contributed by atoms with Crippen LogP contribution in [0.1, 0.15) is 18.1 Å². The molecule has 0 bridgehead atoms. The van der Waals surface area contributed by atoms with Gasteiger partial charge in [0.2, 0.25) is 0 Å². The lowest BCUT2D eigenvalue weighted by atomic mass is 10.1. The lowest BCUT2D eigenvalue weighted by molar-refractivity contribution is 0.197. The predicted octanol–water partition coefficient (Wildman–Crippen LogP) is 4.58. The molecule has 3 rings (SSSR count). The number of nitrogens with one attached hydrogen (secondary N) is 1. The van der Waals surface area contributed by atoms with E-state index in [0.717, 1.165) is 29.7 Å². The van der Waals surface area contributed by atoms with Crippen LogP contribution in [0.2, 0.25) is 0 Å². The molecule has 0 aliphatic heterocycles. The Balaban J connectivity index is 0.00000176. The Bertz CT molecular complexity index is 696. The molecule has 0 aliphatic rings. The number of ether oxygens (including phenoxy) is 1. The number of halogens is 1. The van der Waals surface area contributed by atoms with E-state index in [0.29, 0.717) is 0 Å². The zero-order valence-electron chi connectivity index (χ0n) is 12.5. The molecule has 1 heterocycles. The summed E-state index contributed by atoms with van der Waals surface area (Å²) in [5.74, 6) is 0.867. The number of hydrogen-bond acceptors (Lipinski definition) is 3. The van der Waals surface area contributed by atoms with Gasteiger partial charge < -0.3 is 14.5 Å². The first-order valence-electron chi connectivity index (χ1n) is 7.21. The molecular formula is C18H20ClNO2. The van der Waals surface area contributed by atoms with Crippen LogP contribution >= 0.6 is 12.4 Å². The van der Waals surface area contributed by atoms with Crippen LogP contribution in [0.3, 0.4) is 0 Å². The second-order valence-electron chi connectivity index (χ2n) is 5.00. The summed E-state index contributed by atoms with van der Waals surface area (Å²) in [5, 5.41) is 4.20. The van der Waals surface area contributed by atoms with E-state index in [2.05, 4.69) is 17.4 Å². The molecule has 0 saturated carbocycles. The van der Waals surface area contributed by atoms with E-state index in [1.165, 1.54) is 5.56 Å². The van der Waals surface area contributed by atoms with Gasteiger partial charge in [-0.2, -0.15) is 0 Å². The molecule has 3 nitrogen and oxygen atoms in total. The summed E-state index contributed by atoms with van der Waals surface area (Å²) in [6, 6.07) is 18.2.